The molecule has 0 atom stereocenters. The van der Waals surface area contributed by atoms with Crippen LogP contribution in [0.25, 0.3) is 0 Å². The van der Waals surface area contributed by atoms with Gasteiger partial charge in [0.25, 0.3) is 5.91 Å². The van der Waals surface area contributed by atoms with Crippen molar-refractivity contribution >= 4 is 17.5 Å². The monoisotopic (exact) mass is 264 g/mol. The second-order valence-corrected chi connectivity index (χ2v) is 5.32. The Hall–Kier alpha value is -1.57. The van der Waals surface area contributed by atoms with Gasteiger partial charge in [0, 0.05) is 5.02 Å². The molecule has 5 heteroatoms. The quantitative estimate of drug-likeness (QED) is 0.825. The SMILES string of the molecule is CC1(C)CON(Cc2ccc(C#N)cc2Cl)C1=O. The molecule has 0 aromatic heterocycles. The predicted octanol–water partition coefficient (Wildman–Crippen LogP) is 2.51. The Morgan fingerprint density at radius 1 is 1.56 bits per heavy atom. The van der Waals surface area contributed by atoms with Crippen LogP contribution in [0.2, 0.25) is 5.02 Å². The van der Waals surface area contributed by atoms with Crippen molar-refractivity contribution in [1.29, 1.82) is 5.26 Å². The van der Waals surface area contributed by atoms with E-state index in [2.05, 4.69) is 0 Å². The normalized spacial score (nSPS) is 17.9. The Morgan fingerprint density at radius 3 is 2.78 bits per heavy atom. The van der Waals surface area contributed by atoms with Crippen molar-refractivity contribution in [2.45, 2.75) is 20.4 Å². The van der Waals surface area contributed by atoms with Crippen molar-refractivity contribution in [2.75, 3.05) is 6.61 Å². The number of rotatable bonds is 2. The van der Waals surface area contributed by atoms with Crippen LogP contribution in [0.3, 0.4) is 0 Å². The van der Waals surface area contributed by atoms with Gasteiger partial charge in [-0.05, 0) is 31.5 Å². The third kappa shape index (κ3) is 2.33. The Labute approximate surface area is 111 Å². The molecule has 94 valence electrons. The highest BCUT2D eigenvalue weighted by molar-refractivity contribution is 6.31. The van der Waals surface area contributed by atoms with Crippen molar-refractivity contribution in [3.8, 4) is 6.07 Å². The number of benzene rings is 1. The lowest BCUT2D eigenvalue weighted by atomic mass is 9.95. The fraction of sp³-hybridized carbons (Fsp3) is 0.385. The Balaban J connectivity index is 2.17. The summed E-state index contributed by atoms with van der Waals surface area (Å²) in [5.74, 6) is -0.0528. The lowest BCUT2D eigenvalue weighted by molar-refractivity contribution is -0.165. The second kappa shape index (κ2) is 4.60. The molecule has 1 aliphatic heterocycles. The molecule has 4 nitrogen and oxygen atoms in total. The molecule has 0 radical (unpaired) electrons. The maximum Gasteiger partial charge on any atom is 0.254 e. The summed E-state index contributed by atoms with van der Waals surface area (Å²) in [5.41, 5.74) is 0.776. The molecular formula is C13H13ClN2O2. The number of hydrogen-bond donors (Lipinski definition) is 0. The molecule has 0 bridgehead atoms. The third-order valence-electron chi connectivity index (χ3n) is 2.88. The minimum atomic E-state index is -0.487. The molecule has 1 saturated heterocycles. The van der Waals surface area contributed by atoms with Crippen LogP contribution >= 0.6 is 11.6 Å². The van der Waals surface area contributed by atoms with Gasteiger partial charge in [0.05, 0.1) is 30.2 Å². The van der Waals surface area contributed by atoms with Gasteiger partial charge in [-0.3, -0.25) is 9.63 Å². The van der Waals surface area contributed by atoms with Crippen LogP contribution in [-0.4, -0.2) is 17.6 Å². The van der Waals surface area contributed by atoms with Crippen LogP contribution in [-0.2, 0) is 16.2 Å². The number of halogens is 1. The van der Waals surface area contributed by atoms with Crippen LogP contribution in [0.4, 0.5) is 0 Å². The molecule has 1 fully saturated rings. The molecule has 0 N–H and O–H groups in total. The summed E-state index contributed by atoms with van der Waals surface area (Å²) in [5, 5.41) is 10.5. The summed E-state index contributed by atoms with van der Waals surface area (Å²) >= 11 is 6.06. The number of carbonyl (C=O) groups is 1. The van der Waals surface area contributed by atoms with Crippen molar-refractivity contribution < 1.29 is 9.63 Å². The maximum absolute atomic E-state index is 12.0. The molecular weight excluding hydrogens is 252 g/mol. The standard InChI is InChI=1S/C13H13ClN2O2/c1-13(2)8-18-16(12(13)17)7-10-4-3-9(6-15)5-11(10)14/h3-5H,7-8H2,1-2H3. The van der Waals surface area contributed by atoms with Crippen LogP contribution in [0, 0.1) is 16.7 Å². The Bertz CT molecular complexity index is 534. The van der Waals surface area contributed by atoms with E-state index in [0.29, 0.717) is 23.7 Å². The van der Waals surface area contributed by atoms with Crippen molar-refractivity contribution in [2.24, 2.45) is 5.41 Å². The minimum Gasteiger partial charge on any atom is -0.272 e. The first-order chi connectivity index (χ1) is 8.44. The van der Waals surface area contributed by atoms with Crippen molar-refractivity contribution in [1.82, 2.24) is 5.06 Å². The van der Waals surface area contributed by atoms with E-state index in [0.717, 1.165) is 5.56 Å². The van der Waals surface area contributed by atoms with E-state index in [1.54, 1.807) is 18.2 Å². The minimum absolute atomic E-state index is 0.0528. The van der Waals surface area contributed by atoms with Gasteiger partial charge in [-0.25, -0.2) is 5.06 Å². The van der Waals surface area contributed by atoms with Gasteiger partial charge in [0.15, 0.2) is 0 Å². The molecule has 1 aromatic rings. The fourth-order valence-corrected chi connectivity index (χ4v) is 1.95. The van der Waals surface area contributed by atoms with Gasteiger partial charge in [0.1, 0.15) is 0 Å². The average molecular weight is 265 g/mol. The molecule has 0 saturated carbocycles. The van der Waals surface area contributed by atoms with Crippen LogP contribution in [0.15, 0.2) is 18.2 Å². The smallest absolute Gasteiger partial charge is 0.254 e. The average Bonchev–Trinajstić information content (AvgIpc) is 2.58. The number of carbonyl (C=O) groups excluding carboxylic acids is 1. The third-order valence-corrected chi connectivity index (χ3v) is 3.23. The summed E-state index contributed by atoms with van der Waals surface area (Å²) in [6.45, 7) is 4.36. The molecule has 0 unspecified atom stereocenters. The van der Waals surface area contributed by atoms with Crippen LogP contribution in [0.5, 0.6) is 0 Å². The van der Waals surface area contributed by atoms with Gasteiger partial charge >= 0.3 is 0 Å². The summed E-state index contributed by atoms with van der Waals surface area (Å²) in [6.07, 6.45) is 0. The molecule has 1 heterocycles. The summed E-state index contributed by atoms with van der Waals surface area (Å²) in [4.78, 5) is 17.3. The Kier molecular flexibility index (Phi) is 3.29. The lowest BCUT2D eigenvalue weighted by Crippen LogP contribution is -2.30. The zero-order valence-corrected chi connectivity index (χ0v) is 11.0. The second-order valence-electron chi connectivity index (χ2n) is 4.92. The zero-order valence-electron chi connectivity index (χ0n) is 10.2. The fourth-order valence-electron chi connectivity index (χ4n) is 1.71. The maximum atomic E-state index is 12.0. The highest BCUT2D eigenvalue weighted by Crippen LogP contribution is 2.29. The largest absolute Gasteiger partial charge is 0.272 e. The van der Waals surface area contributed by atoms with Gasteiger partial charge < -0.3 is 0 Å². The molecule has 2 rings (SSSR count). The van der Waals surface area contributed by atoms with Gasteiger partial charge in [-0.15, -0.1) is 0 Å². The van der Waals surface area contributed by atoms with E-state index in [-0.39, 0.29) is 5.91 Å². The van der Waals surface area contributed by atoms with E-state index in [4.69, 9.17) is 21.7 Å². The number of nitriles is 1. The van der Waals surface area contributed by atoms with Crippen LogP contribution in [0.1, 0.15) is 25.0 Å². The molecule has 18 heavy (non-hydrogen) atoms. The number of hydroxylamine groups is 2. The van der Waals surface area contributed by atoms with Gasteiger partial charge in [-0.2, -0.15) is 5.26 Å². The van der Waals surface area contributed by atoms with E-state index in [9.17, 15) is 4.79 Å². The van der Waals surface area contributed by atoms with Gasteiger partial charge in [-0.1, -0.05) is 17.7 Å². The topological polar surface area (TPSA) is 53.3 Å². The molecule has 0 spiro atoms. The number of hydrogen-bond acceptors (Lipinski definition) is 3. The molecule has 1 aromatic carbocycles. The highest BCUT2D eigenvalue weighted by atomic mass is 35.5. The van der Waals surface area contributed by atoms with Gasteiger partial charge in [0.2, 0.25) is 0 Å². The summed E-state index contributed by atoms with van der Waals surface area (Å²) in [7, 11) is 0. The number of amides is 1. The first-order valence-electron chi connectivity index (χ1n) is 5.57. The van der Waals surface area contributed by atoms with Crippen molar-refractivity contribution in [3.63, 3.8) is 0 Å². The highest BCUT2D eigenvalue weighted by Gasteiger charge is 2.40. The van der Waals surface area contributed by atoms with E-state index in [1.165, 1.54) is 5.06 Å². The molecule has 0 aliphatic carbocycles. The van der Waals surface area contributed by atoms with E-state index < -0.39 is 5.41 Å². The molecule has 1 amide bonds. The first-order valence-corrected chi connectivity index (χ1v) is 5.95. The van der Waals surface area contributed by atoms with E-state index in [1.807, 2.05) is 19.9 Å². The van der Waals surface area contributed by atoms with Crippen LogP contribution < -0.4 is 0 Å². The van der Waals surface area contributed by atoms with E-state index >= 15 is 0 Å². The zero-order chi connectivity index (χ0) is 13.3. The summed E-state index contributed by atoms with van der Waals surface area (Å²) in [6, 6.07) is 7.01. The Morgan fingerprint density at radius 2 is 2.28 bits per heavy atom. The molecule has 1 aliphatic rings. The lowest BCUT2D eigenvalue weighted by Gasteiger charge is -2.17. The van der Waals surface area contributed by atoms with Crippen molar-refractivity contribution in [3.05, 3.63) is 34.3 Å². The predicted molar refractivity (Wildman–Crippen MR) is 66.5 cm³/mol. The number of nitrogens with zero attached hydrogens (tertiary/aromatic N) is 2. The summed E-state index contributed by atoms with van der Waals surface area (Å²) < 4.78 is 0. The first kappa shape index (κ1) is 12.9.